The Morgan fingerprint density at radius 1 is 1.56 bits per heavy atom. The first-order chi connectivity index (χ1) is 8.56. The van der Waals surface area contributed by atoms with E-state index in [2.05, 4.69) is 11.9 Å². The average Bonchev–Trinajstić information content (AvgIpc) is 2.71. The van der Waals surface area contributed by atoms with Crippen molar-refractivity contribution in [2.45, 2.75) is 18.6 Å². The number of rotatable bonds is 6. The van der Waals surface area contributed by atoms with Crippen molar-refractivity contribution in [2.24, 2.45) is 0 Å². The van der Waals surface area contributed by atoms with Crippen LogP contribution >= 0.6 is 11.8 Å². The number of urea groups is 1. The number of nitrogens with zero attached hydrogens (tertiary/aromatic N) is 1. The highest BCUT2D eigenvalue weighted by molar-refractivity contribution is 7.99. The molecule has 0 aromatic heterocycles. The third-order valence-electron chi connectivity index (χ3n) is 2.58. The van der Waals surface area contributed by atoms with Crippen LogP contribution in [0.25, 0.3) is 0 Å². The van der Waals surface area contributed by atoms with E-state index in [1.54, 1.807) is 17.8 Å². The molecule has 1 unspecified atom stereocenters. The number of carbonyl (C=O) groups is 2. The third-order valence-corrected chi connectivity index (χ3v) is 3.55. The van der Waals surface area contributed by atoms with E-state index in [0.717, 1.165) is 11.5 Å². The minimum Gasteiger partial charge on any atom is -0.480 e. The monoisotopic (exact) mass is 274 g/mol. The standard InChI is InChI=1S/C11H18N2O4S/c1-2-4-18-5-3-12-11(17)13-7-8(14)6-9(13)10(15)16/h2,8-9,14H,1,3-7H2,(H,12,17)(H,15,16)/t8?,9-/m0/s1. The number of carboxylic acids is 1. The summed E-state index contributed by atoms with van der Waals surface area (Å²) < 4.78 is 0. The first-order valence-corrected chi connectivity index (χ1v) is 6.85. The summed E-state index contributed by atoms with van der Waals surface area (Å²) in [5.41, 5.74) is 0. The lowest BCUT2D eigenvalue weighted by atomic mass is 10.2. The lowest BCUT2D eigenvalue weighted by Gasteiger charge is -2.21. The molecular weight excluding hydrogens is 256 g/mol. The van der Waals surface area contributed by atoms with Crippen LogP contribution in [0.15, 0.2) is 12.7 Å². The number of carboxylic acid groups (broad SMARTS) is 1. The second-order valence-corrected chi connectivity index (χ2v) is 5.14. The molecule has 7 heteroatoms. The van der Waals surface area contributed by atoms with Gasteiger partial charge in [-0.3, -0.25) is 0 Å². The zero-order valence-corrected chi connectivity index (χ0v) is 10.9. The fourth-order valence-electron chi connectivity index (χ4n) is 1.77. The Labute approximate surface area is 110 Å². The second kappa shape index (κ2) is 7.27. The molecular formula is C11H18N2O4S. The van der Waals surface area contributed by atoms with Crippen LogP contribution < -0.4 is 5.32 Å². The van der Waals surface area contributed by atoms with Crippen LogP contribution in [0.4, 0.5) is 4.79 Å². The SMILES string of the molecule is C=CCSCCNC(=O)N1CC(O)C[C@H]1C(=O)O. The Hall–Kier alpha value is -1.21. The summed E-state index contributed by atoms with van der Waals surface area (Å²) in [5, 5.41) is 21.0. The molecule has 0 aromatic carbocycles. The summed E-state index contributed by atoms with van der Waals surface area (Å²) in [7, 11) is 0. The molecule has 3 N–H and O–H groups in total. The van der Waals surface area contributed by atoms with Gasteiger partial charge in [-0.15, -0.1) is 6.58 Å². The van der Waals surface area contributed by atoms with Crippen LogP contribution in [0, 0.1) is 0 Å². The first-order valence-electron chi connectivity index (χ1n) is 5.70. The van der Waals surface area contributed by atoms with E-state index in [-0.39, 0.29) is 13.0 Å². The summed E-state index contributed by atoms with van der Waals surface area (Å²) in [6, 6.07) is -1.36. The lowest BCUT2D eigenvalue weighted by Crippen LogP contribution is -2.46. The number of amides is 2. The molecule has 102 valence electrons. The van der Waals surface area contributed by atoms with E-state index in [1.807, 2.05) is 0 Å². The van der Waals surface area contributed by atoms with Crippen molar-refractivity contribution in [1.29, 1.82) is 0 Å². The fraction of sp³-hybridized carbons (Fsp3) is 0.636. The molecule has 0 radical (unpaired) electrons. The molecule has 1 saturated heterocycles. The third kappa shape index (κ3) is 4.23. The number of likely N-dealkylation sites (tertiary alicyclic amines) is 1. The predicted molar refractivity (Wildman–Crippen MR) is 69.7 cm³/mol. The van der Waals surface area contributed by atoms with Crippen molar-refractivity contribution in [3.63, 3.8) is 0 Å². The van der Waals surface area contributed by atoms with Gasteiger partial charge in [0.2, 0.25) is 0 Å². The van der Waals surface area contributed by atoms with E-state index < -0.39 is 24.1 Å². The van der Waals surface area contributed by atoms with Gasteiger partial charge in [0.05, 0.1) is 6.10 Å². The molecule has 0 saturated carbocycles. The van der Waals surface area contributed by atoms with E-state index in [9.17, 15) is 14.7 Å². The van der Waals surface area contributed by atoms with Gasteiger partial charge < -0.3 is 20.4 Å². The minimum absolute atomic E-state index is 0.0720. The molecule has 1 aliphatic rings. The molecule has 1 rings (SSSR count). The van der Waals surface area contributed by atoms with Crippen molar-refractivity contribution in [3.05, 3.63) is 12.7 Å². The highest BCUT2D eigenvalue weighted by Crippen LogP contribution is 2.17. The zero-order valence-electron chi connectivity index (χ0n) is 10.0. The van der Waals surface area contributed by atoms with Gasteiger partial charge in [0, 0.05) is 31.0 Å². The topological polar surface area (TPSA) is 89.9 Å². The second-order valence-electron chi connectivity index (χ2n) is 3.99. The maximum absolute atomic E-state index is 11.7. The Kier molecular flexibility index (Phi) is 6.00. The number of carbonyl (C=O) groups excluding carboxylic acids is 1. The average molecular weight is 274 g/mol. The fourth-order valence-corrected chi connectivity index (χ4v) is 2.35. The van der Waals surface area contributed by atoms with E-state index in [1.165, 1.54) is 4.90 Å². The van der Waals surface area contributed by atoms with Crippen molar-refractivity contribution < 1.29 is 19.8 Å². The van der Waals surface area contributed by atoms with Gasteiger partial charge in [0.25, 0.3) is 0 Å². The van der Waals surface area contributed by atoms with Gasteiger partial charge in [-0.1, -0.05) is 6.08 Å². The summed E-state index contributed by atoms with van der Waals surface area (Å²) in [5.74, 6) is 0.477. The summed E-state index contributed by atoms with van der Waals surface area (Å²) >= 11 is 1.63. The molecule has 2 atom stereocenters. The number of hydrogen-bond acceptors (Lipinski definition) is 4. The molecule has 0 aliphatic carbocycles. The van der Waals surface area contributed by atoms with E-state index >= 15 is 0 Å². The highest BCUT2D eigenvalue weighted by Gasteiger charge is 2.38. The molecule has 0 bridgehead atoms. The number of nitrogens with one attached hydrogen (secondary N) is 1. The number of aliphatic hydroxyl groups is 1. The maximum atomic E-state index is 11.7. The van der Waals surface area contributed by atoms with Crippen molar-refractivity contribution in [3.8, 4) is 0 Å². The van der Waals surface area contributed by atoms with Gasteiger partial charge in [-0.2, -0.15) is 11.8 Å². The maximum Gasteiger partial charge on any atom is 0.326 e. The zero-order chi connectivity index (χ0) is 13.5. The molecule has 2 amide bonds. The van der Waals surface area contributed by atoms with Crippen molar-refractivity contribution in [1.82, 2.24) is 10.2 Å². The molecule has 1 heterocycles. The van der Waals surface area contributed by atoms with Crippen LogP contribution in [-0.4, -0.2) is 63.9 Å². The van der Waals surface area contributed by atoms with Crippen molar-refractivity contribution in [2.75, 3.05) is 24.6 Å². The Balaban J connectivity index is 2.35. The largest absolute Gasteiger partial charge is 0.480 e. The van der Waals surface area contributed by atoms with Crippen LogP contribution in [0.3, 0.4) is 0 Å². The van der Waals surface area contributed by atoms with Gasteiger partial charge in [0.1, 0.15) is 6.04 Å². The van der Waals surface area contributed by atoms with Crippen LogP contribution in [0.1, 0.15) is 6.42 Å². The summed E-state index contributed by atoms with van der Waals surface area (Å²) in [4.78, 5) is 23.9. The van der Waals surface area contributed by atoms with Crippen molar-refractivity contribution >= 4 is 23.8 Å². The van der Waals surface area contributed by atoms with Crippen LogP contribution in [-0.2, 0) is 4.79 Å². The van der Waals surface area contributed by atoms with Crippen LogP contribution in [0.5, 0.6) is 0 Å². The molecule has 6 nitrogen and oxygen atoms in total. The molecule has 1 aliphatic heterocycles. The molecule has 18 heavy (non-hydrogen) atoms. The summed E-state index contributed by atoms with van der Waals surface area (Å²) in [6.07, 6.45) is 1.12. The van der Waals surface area contributed by atoms with Gasteiger partial charge >= 0.3 is 12.0 Å². The lowest BCUT2D eigenvalue weighted by molar-refractivity contribution is -0.141. The number of thioether (sulfide) groups is 1. The van der Waals surface area contributed by atoms with Crippen LogP contribution in [0.2, 0.25) is 0 Å². The minimum atomic E-state index is -1.08. The highest BCUT2D eigenvalue weighted by atomic mass is 32.2. The quantitative estimate of drug-likeness (QED) is 0.473. The Morgan fingerprint density at radius 3 is 2.89 bits per heavy atom. The van der Waals surface area contributed by atoms with E-state index in [0.29, 0.717) is 6.54 Å². The molecule has 0 spiro atoms. The predicted octanol–water partition coefficient (Wildman–Crippen LogP) is 0.135. The Morgan fingerprint density at radius 2 is 2.28 bits per heavy atom. The molecule has 0 aromatic rings. The number of aliphatic hydroxyl groups excluding tert-OH is 1. The van der Waals surface area contributed by atoms with Gasteiger partial charge in [-0.25, -0.2) is 9.59 Å². The number of aliphatic carboxylic acids is 1. The van der Waals surface area contributed by atoms with Gasteiger partial charge in [-0.05, 0) is 0 Å². The Bertz CT molecular complexity index is 324. The summed E-state index contributed by atoms with van der Waals surface area (Å²) in [6.45, 7) is 4.13. The molecule has 1 fully saturated rings. The number of hydrogen-bond donors (Lipinski definition) is 3. The first kappa shape index (κ1) is 14.8. The smallest absolute Gasteiger partial charge is 0.326 e. The number of β-amino-alcohol motifs (C(OH)–C–C–N with tert-alkyl or cyclic N) is 1. The van der Waals surface area contributed by atoms with E-state index in [4.69, 9.17) is 5.11 Å². The van der Waals surface area contributed by atoms with Gasteiger partial charge in [0.15, 0.2) is 0 Å². The normalized spacial score (nSPS) is 22.8.